The highest BCUT2D eigenvalue weighted by Crippen LogP contribution is 2.40. The summed E-state index contributed by atoms with van der Waals surface area (Å²) in [5.41, 5.74) is 5.14. The van der Waals surface area contributed by atoms with E-state index in [0.717, 1.165) is 28.3 Å². The van der Waals surface area contributed by atoms with Crippen molar-refractivity contribution in [1.82, 2.24) is 0 Å². The van der Waals surface area contributed by atoms with Crippen LogP contribution in [-0.2, 0) is 11.2 Å². The van der Waals surface area contributed by atoms with Crippen LogP contribution in [0.2, 0.25) is 0 Å². The highest BCUT2D eigenvalue weighted by molar-refractivity contribution is 5.90. The first kappa shape index (κ1) is 21.3. The lowest BCUT2D eigenvalue weighted by Gasteiger charge is -2.34. The van der Waals surface area contributed by atoms with Crippen molar-refractivity contribution < 1.29 is 14.3 Å². The maximum atomic E-state index is 12.1. The fourth-order valence-corrected chi connectivity index (χ4v) is 3.52. The van der Waals surface area contributed by atoms with Gasteiger partial charge in [-0.1, -0.05) is 32.0 Å². The van der Waals surface area contributed by atoms with E-state index in [2.05, 4.69) is 23.2 Å². The monoisotopic (exact) mass is 405 g/mol. The molecule has 0 spiro atoms. The van der Waals surface area contributed by atoms with E-state index in [1.165, 1.54) is 0 Å². The van der Waals surface area contributed by atoms with Gasteiger partial charge < -0.3 is 14.4 Å². The largest absolute Gasteiger partial charge is 0.497 e. The number of anilines is 2. The van der Waals surface area contributed by atoms with Crippen LogP contribution >= 0.6 is 0 Å². The van der Waals surface area contributed by atoms with Gasteiger partial charge in [0.05, 0.1) is 31.1 Å². The van der Waals surface area contributed by atoms with Crippen LogP contribution in [0.15, 0.2) is 48.0 Å². The molecular formula is C24H27N3O3. The maximum absolute atomic E-state index is 12.1. The van der Waals surface area contributed by atoms with Crippen LogP contribution in [0, 0.1) is 17.2 Å². The molecule has 1 heterocycles. The number of allylic oxidation sites excluding steroid dienone is 1. The Morgan fingerprint density at radius 2 is 2.07 bits per heavy atom. The topological polar surface area (TPSA) is 74.6 Å². The van der Waals surface area contributed by atoms with Crippen LogP contribution < -0.4 is 15.0 Å². The van der Waals surface area contributed by atoms with E-state index >= 15 is 0 Å². The number of hydrogen-bond donors (Lipinski definition) is 1. The SMILES string of the molecule is CCN1C(c2cccc(NC(=O)OCC(C)C)c2)=C(C#N)Cc2ccc(OC)cc21. The number of benzene rings is 2. The summed E-state index contributed by atoms with van der Waals surface area (Å²) in [5.74, 6) is 1.04. The quantitative estimate of drug-likeness (QED) is 0.713. The third-order valence-electron chi connectivity index (χ3n) is 4.89. The molecule has 0 saturated heterocycles. The van der Waals surface area contributed by atoms with Gasteiger partial charge in [-0.2, -0.15) is 5.26 Å². The fourth-order valence-electron chi connectivity index (χ4n) is 3.52. The first-order chi connectivity index (χ1) is 14.5. The normalized spacial score (nSPS) is 13.0. The molecule has 1 aliphatic rings. The molecule has 2 aromatic carbocycles. The Morgan fingerprint density at radius 1 is 1.27 bits per heavy atom. The molecule has 6 nitrogen and oxygen atoms in total. The number of methoxy groups -OCH3 is 1. The number of carbonyl (C=O) groups is 1. The lowest BCUT2D eigenvalue weighted by atomic mass is 9.92. The number of ether oxygens (including phenoxy) is 2. The number of amides is 1. The molecule has 0 unspecified atom stereocenters. The first-order valence-corrected chi connectivity index (χ1v) is 10.1. The Morgan fingerprint density at radius 3 is 2.73 bits per heavy atom. The number of nitrogens with one attached hydrogen (secondary N) is 1. The van der Waals surface area contributed by atoms with Crippen LogP contribution in [-0.4, -0.2) is 26.4 Å². The number of carbonyl (C=O) groups excluding carboxylic acids is 1. The van der Waals surface area contributed by atoms with Gasteiger partial charge in [0, 0.05) is 36.0 Å². The van der Waals surface area contributed by atoms with Crippen molar-refractivity contribution in [3.8, 4) is 11.8 Å². The van der Waals surface area contributed by atoms with Gasteiger partial charge >= 0.3 is 6.09 Å². The van der Waals surface area contributed by atoms with Crippen LogP contribution in [0.25, 0.3) is 5.70 Å². The summed E-state index contributed by atoms with van der Waals surface area (Å²) < 4.78 is 10.6. The summed E-state index contributed by atoms with van der Waals surface area (Å²) in [5, 5.41) is 12.6. The van der Waals surface area contributed by atoms with Crippen molar-refractivity contribution in [3.63, 3.8) is 0 Å². The van der Waals surface area contributed by atoms with Crippen molar-refractivity contribution in [1.29, 1.82) is 5.26 Å². The molecule has 1 aliphatic heterocycles. The Hall–Kier alpha value is -3.46. The average molecular weight is 405 g/mol. The summed E-state index contributed by atoms with van der Waals surface area (Å²) in [6.07, 6.45) is 0.0665. The first-order valence-electron chi connectivity index (χ1n) is 10.1. The third-order valence-corrected chi connectivity index (χ3v) is 4.89. The summed E-state index contributed by atoms with van der Waals surface area (Å²) in [6, 6.07) is 15.8. The molecule has 2 aromatic rings. The second-order valence-electron chi connectivity index (χ2n) is 7.55. The third kappa shape index (κ3) is 4.57. The van der Waals surface area contributed by atoms with Gasteiger partial charge in [-0.05, 0) is 36.6 Å². The van der Waals surface area contributed by atoms with E-state index in [-0.39, 0.29) is 5.92 Å². The van der Waals surface area contributed by atoms with Gasteiger partial charge in [-0.15, -0.1) is 0 Å². The zero-order chi connectivity index (χ0) is 21.7. The average Bonchev–Trinajstić information content (AvgIpc) is 2.76. The molecule has 3 rings (SSSR count). The molecule has 1 amide bonds. The number of fused-ring (bicyclic) bond motifs is 1. The number of nitriles is 1. The minimum Gasteiger partial charge on any atom is -0.497 e. The zero-order valence-electron chi connectivity index (χ0n) is 17.9. The molecule has 0 saturated carbocycles. The molecule has 0 bridgehead atoms. The molecule has 6 heteroatoms. The predicted octanol–water partition coefficient (Wildman–Crippen LogP) is 5.22. The van der Waals surface area contributed by atoms with Crippen molar-refractivity contribution in [2.45, 2.75) is 27.2 Å². The van der Waals surface area contributed by atoms with Crippen LogP contribution in [0.1, 0.15) is 31.9 Å². The smallest absolute Gasteiger partial charge is 0.411 e. The zero-order valence-corrected chi connectivity index (χ0v) is 17.9. The van der Waals surface area contributed by atoms with E-state index in [1.807, 2.05) is 56.3 Å². The minimum atomic E-state index is -0.485. The molecule has 1 N–H and O–H groups in total. The Kier molecular flexibility index (Phi) is 6.63. The highest BCUT2D eigenvalue weighted by Gasteiger charge is 2.26. The summed E-state index contributed by atoms with van der Waals surface area (Å²) in [6.45, 7) is 7.07. The van der Waals surface area contributed by atoms with Crippen LogP contribution in [0.5, 0.6) is 5.75 Å². The number of nitrogens with zero attached hydrogens (tertiary/aromatic N) is 2. The maximum Gasteiger partial charge on any atom is 0.411 e. The molecule has 0 radical (unpaired) electrons. The molecule has 0 aliphatic carbocycles. The van der Waals surface area contributed by atoms with Gasteiger partial charge in [0.2, 0.25) is 0 Å². The second-order valence-corrected chi connectivity index (χ2v) is 7.55. The standard InChI is InChI=1S/C24H27N3O3/c1-5-27-22-13-21(29-4)10-9-17(22)11-19(14-25)23(27)18-7-6-8-20(12-18)26-24(28)30-15-16(2)3/h6-10,12-13,16H,5,11,15H2,1-4H3,(H,26,28). The van der Waals surface area contributed by atoms with Crippen molar-refractivity contribution in [3.05, 3.63) is 59.2 Å². The Balaban J connectivity index is 1.95. The van der Waals surface area contributed by atoms with Gasteiger partial charge in [-0.25, -0.2) is 4.79 Å². The Labute approximate surface area is 177 Å². The fraction of sp³-hybridized carbons (Fsp3) is 0.333. The van der Waals surface area contributed by atoms with Crippen molar-refractivity contribution >= 4 is 23.2 Å². The Bertz CT molecular complexity index is 1000. The van der Waals surface area contributed by atoms with E-state index < -0.39 is 6.09 Å². The minimum absolute atomic E-state index is 0.267. The lowest BCUT2D eigenvalue weighted by Crippen LogP contribution is -2.27. The molecule has 0 aromatic heterocycles. The molecule has 0 fully saturated rings. The highest BCUT2D eigenvalue weighted by atomic mass is 16.5. The van der Waals surface area contributed by atoms with E-state index in [0.29, 0.717) is 30.8 Å². The predicted molar refractivity (Wildman–Crippen MR) is 119 cm³/mol. The molecule has 156 valence electrons. The second kappa shape index (κ2) is 9.36. The van der Waals surface area contributed by atoms with Crippen LogP contribution in [0.3, 0.4) is 0 Å². The van der Waals surface area contributed by atoms with Gasteiger partial charge in [0.1, 0.15) is 5.75 Å². The number of rotatable bonds is 6. The van der Waals surface area contributed by atoms with Crippen molar-refractivity contribution in [2.24, 2.45) is 5.92 Å². The van der Waals surface area contributed by atoms with E-state index in [1.54, 1.807) is 7.11 Å². The molecule has 0 atom stereocenters. The summed E-state index contributed by atoms with van der Waals surface area (Å²) in [4.78, 5) is 14.2. The van der Waals surface area contributed by atoms with Gasteiger partial charge in [0.15, 0.2) is 0 Å². The summed E-state index contributed by atoms with van der Waals surface area (Å²) >= 11 is 0. The van der Waals surface area contributed by atoms with E-state index in [4.69, 9.17) is 9.47 Å². The van der Waals surface area contributed by atoms with Crippen LogP contribution in [0.4, 0.5) is 16.2 Å². The number of hydrogen-bond acceptors (Lipinski definition) is 5. The lowest BCUT2D eigenvalue weighted by molar-refractivity contribution is 0.147. The van der Waals surface area contributed by atoms with E-state index in [9.17, 15) is 10.1 Å². The molecule has 30 heavy (non-hydrogen) atoms. The summed E-state index contributed by atoms with van der Waals surface area (Å²) in [7, 11) is 1.64. The van der Waals surface area contributed by atoms with Gasteiger partial charge in [0.25, 0.3) is 0 Å². The molecular weight excluding hydrogens is 378 g/mol. The van der Waals surface area contributed by atoms with Gasteiger partial charge in [-0.3, -0.25) is 5.32 Å². The van der Waals surface area contributed by atoms with Crippen molar-refractivity contribution in [2.75, 3.05) is 30.5 Å².